The molecule has 9 heteroatoms. The van der Waals surface area contributed by atoms with E-state index in [2.05, 4.69) is 35.7 Å². The van der Waals surface area contributed by atoms with Gasteiger partial charge in [0.15, 0.2) is 0 Å². The first-order chi connectivity index (χ1) is 15.0. The van der Waals surface area contributed by atoms with Crippen LogP contribution in [0.15, 0.2) is 30.5 Å². The number of para-hydroxylation sites is 1. The van der Waals surface area contributed by atoms with Gasteiger partial charge in [-0.05, 0) is 30.9 Å². The predicted molar refractivity (Wildman–Crippen MR) is 120 cm³/mol. The van der Waals surface area contributed by atoms with Crippen molar-refractivity contribution in [2.45, 2.75) is 45.6 Å². The lowest BCUT2D eigenvalue weighted by Crippen LogP contribution is -2.46. The third kappa shape index (κ3) is 4.87. The molecular weight excluding hydrogens is 394 g/mol. The molecule has 1 aliphatic heterocycles. The molecule has 1 atom stereocenters. The molecule has 9 nitrogen and oxygen atoms in total. The van der Waals surface area contributed by atoms with E-state index in [1.54, 1.807) is 13.8 Å². The second-order valence-corrected chi connectivity index (χ2v) is 8.30. The monoisotopic (exact) mass is 423 g/mol. The molecule has 0 spiro atoms. The fraction of sp³-hybridized carbons (Fsp3) is 0.455. The van der Waals surface area contributed by atoms with Crippen LogP contribution in [-0.4, -0.2) is 51.1 Å². The molecule has 4 N–H and O–H groups in total. The van der Waals surface area contributed by atoms with Crippen LogP contribution < -0.4 is 15.5 Å². The molecule has 3 aromatic rings. The van der Waals surface area contributed by atoms with Crippen LogP contribution in [0.4, 0.5) is 11.9 Å². The SMILES string of the molecule is CC(C)C(=O)NC(Cc1c[nH]c2ccccc12)C(=O)Nc1nc(N2CCCCC2)n[nH]1. The highest BCUT2D eigenvalue weighted by atomic mass is 16.2. The van der Waals surface area contributed by atoms with Gasteiger partial charge in [0, 0.05) is 42.5 Å². The van der Waals surface area contributed by atoms with Crippen molar-refractivity contribution in [1.82, 2.24) is 25.5 Å². The molecule has 1 fully saturated rings. The molecule has 164 valence electrons. The van der Waals surface area contributed by atoms with Crippen molar-refractivity contribution in [2.24, 2.45) is 5.92 Å². The highest BCUT2D eigenvalue weighted by molar-refractivity contribution is 5.97. The Balaban J connectivity index is 1.50. The second kappa shape index (κ2) is 9.20. The van der Waals surface area contributed by atoms with Crippen LogP contribution in [0.3, 0.4) is 0 Å². The molecule has 3 heterocycles. The first-order valence-electron chi connectivity index (χ1n) is 10.8. The molecule has 4 rings (SSSR count). The minimum absolute atomic E-state index is 0.174. The maximum absolute atomic E-state index is 13.1. The largest absolute Gasteiger partial charge is 0.361 e. The lowest BCUT2D eigenvalue weighted by Gasteiger charge is -2.24. The van der Waals surface area contributed by atoms with E-state index < -0.39 is 6.04 Å². The Morgan fingerprint density at radius 3 is 2.68 bits per heavy atom. The number of carbonyl (C=O) groups excluding carboxylic acids is 2. The van der Waals surface area contributed by atoms with Gasteiger partial charge in [-0.15, -0.1) is 5.10 Å². The van der Waals surface area contributed by atoms with Crippen molar-refractivity contribution in [1.29, 1.82) is 0 Å². The van der Waals surface area contributed by atoms with Crippen molar-refractivity contribution in [2.75, 3.05) is 23.3 Å². The first-order valence-corrected chi connectivity index (χ1v) is 10.8. The van der Waals surface area contributed by atoms with Crippen LogP contribution in [0.2, 0.25) is 0 Å². The normalized spacial score (nSPS) is 15.3. The van der Waals surface area contributed by atoms with Crippen molar-refractivity contribution in [3.05, 3.63) is 36.0 Å². The smallest absolute Gasteiger partial charge is 0.249 e. The summed E-state index contributed by atoms with van der Waals surface area (Å²) in [7, 11) is 0. The van der Waals surface area contributed by atoms with E-state index in [1.165, 1.54) is 6.42 Å². The summed E-state index contributed by atoms with van der Waals surface area (Å²) in [6.45, 7) is 5.44. The summed E-state index contributed by atoms with van der Waals surface area (Å²) < 4.78 is 0. The van der Waals surface area contributed by atoms with E-state index in [0.29, 0.717) is 12.4 Å². The zero-order valence-electron chi connectivity index (χ0n) is 17.9. The quantitative estimate of drug-likeness (QED) is 0.466. The molecular formula is C22H29N7O2. The number of hydrogen-bond acceptors (Lipinski definition) is 5. The summed E-state index contributed by atoms with van der Waals surface area (Å²) >= 11 is 0. The number of aromatic nitrogens is 4. The van der Waals surface area contributed by atoms with Gasteiger partial charge >= 0.3 is 0 Å². The lowest BCUT2D eigenvalue weighted by molar-refractivity contribution is -0.128. The van der Waals surface area contributed by atoms with Gasteiger partial charge in [0.05, 0.1) is 0 Å². The maximum Gasteiger partial charge on any atom is 0.249 e. The molecule has 31 heavy (non-hydrogen) atoms. The maximum atomic E-state index is 13.1. The number of benzene rings is 1. The van der Waals surface area contributed by atoms with E-state index in [4.69, 9.17) is 0 Å². The van der Waals surface area contributed by atoms with Crippen LogP contribution in [0.1, 0.15) is 38.7 Å². The minimum Gasteiger partial charge on any atom is -0.361 e. The zero-order valence-corrected chi connectivity index (χ0v) is 17.9. The van der Waals surface area contributed by atoms with Gasteiger partial charge in [-0.1, -0.05) is 32.0 Å². The average Bonchev–Trinajstić information content (AvgIpc) is 3.41. The highest BCUT2D eigenvalue weighted by Gasteiger charge is 2.25. The number of amides is 2. The standard InChI is InChI=1S/C22H29N7O2/c1-14(2)19(30)24-18(12-15-13-23-17-9-5-4-8-16(15)17)20(31)25-21-26-22(28-27-21)29-10-6-3-7-11-29/h4-5,8-9,13-14,18,23H,3,6-7,10-12H2,1-2H3,(H,24,30)(H2,25,26,27,28,31). The van der Waals surface area contributed by atoms with Crippen LogP contribution in [-0.2, 0) is 16.0 Å². The summed E-state index contributed by atoms with van der Waals surface area (Å²) in [5.41, 5.74) is 1.96. The van der Waals surface area contributed by atoms with E-state index in [1.807, 2.05) is 30.5 Å². The van der Waals surface area contributed by atoms with Crippen molar-refractivity contribution in [3.63, 3.8) is 0 Å². The van der Waals surface area contributed by atoms with Gasteiger partial charge in [-0.3, -0.25) is 14.9 Å². The number of carbonyl (C=O) groups is 2. The predicted octanol–water partition coefficient (Wildman–Crippen LogP) is 2.60. The first kappa shape index (κ1) is 20.9. The summed E-state index contributed by atoms with van der Waals surface area (Å²) in [6, 6.07) is 7.16. The summed E-state index contributed by atoms with van der Waals surface area (Å²) in [5, 5.41) is 13.7. The molecule has 1 saturated heterocycles. The molecule has 0 saturated carbocycles. The van der Waals surface area contributed by atoms with E-state index in [-0.39, 0.29) is 23.7 Å². The molecule has 2 aromatic heterocycles. The van der Waals surface area contributed by atoms with E-state index >= 15 is 0 Å². The number of aromatic amines is 2. The van der Waals surface area contributed by atoms with Gasteiger partial charge in [0.2, 0.25) is 23.7 Å². The van der Waals surface area contributed by atoms with Gasteiger partial charge in [-0.25, -0.2) is 5.10 Å². The molecule has 0 radical (unpaired) electrons. The summed E-state index contributed by atoms with van der Waals surface area (Å²) in [6.07, 6.45) is 5.70. The van der Waals surface area contributed by atoms with Gasteiger partial charge in [0.1, 0.15) is 6.04 Å². The Hall–Kier alpha value is -3.36. The summed E-state index contributed by atoms with van der Waals surface area (Å²) in [4.78, 5) is 35.2. The number of piperidine rings is 1. The number of nitrogens with one attached hydrogen (secondary N) is 4. The Morgan fingerprint density at radius 1 is 1.13 bits per heavy atom. The number of hydrogen-bond donors (Lipinski definition) is 4. The van der Waals surface area contributed by atoms with Crippen molar-refractivity contribution >= 4 is 34.6 Å². The number of H-pyrrole nitrogens is 2. The van der Waals surface area contributed by atoms with Crippen LogP contribution in [0, 0.1) is 5.92 Å². The number of fused-ring (bicyclic) bond motifs is 1. The Morgan fingerprint density at radius 2 is 1.90 bits per heavy atom. The minimum atomic E-state index is -0.738. The van der Waals surface area contributed by atoms with Crippen LogP contribution in [0.25, 0.3) is 10.9 Å². The van der Waals surface area contributed by atoms with E-state index in [0.717, 1.165) is 42.4 Å². The topological polar surface area (TPSA) is 119 Å². The Kier molecular flexibility index (Phi) is 6.20. The average molecular weight is 424 g/mol. The molecule has 0 bridgehead atoms. The molecule has 0 aliphatic carbocycles. The van der Waals surface area contributed by atoms with Gasteiger partial charge < -0.3 is 15.2 Å². The number of nitrogens with zero attached hydrogens (tertiary/aromatic N) is 3. The fourth-order valence-corrected chi connectivity index (χ4v) is 3.82. The molecule has 2 amide bonds. The van der Waals surface area contributed by atoms with Crippen LogP contribution >= 0.6 is 0 Å². The number of anilines is 2. The lowest BCUT2D eigenvalue weighted by atomic mass is 10.0. The second-order valence-electron chi connectivity index (χ2n) is 8.30. The van der Waals surface area contributed by atoms with Crippen LogP contribution in [0.5, 0.6) is 0 Å². The van der Waals surface area contributed by atoms with Gasteiger partial charge in [-0.2, -0.15) is 4.98 Å². The van der Waals surface area contributed by atoms with Crippen molar-refractivity contribution < 1.29 is 9.59 Å². The highest BCUT2D eigenvalue weighted by Crippen LogP contribution is 2.20. The molecule has 1 aliphatic rings. The zero-order chi connectivity index (χ0) is 21.8. The van der Waals surface area contributed by atoms with Crippen molar-refractivity contribution in [3.8, 4) is 0 Å². The fourth-order valence-electron chi connectivity index (χ4n) is 3.82. The molecule has 1 unspecified atom stereocenters. The third-order valence-electron chi connectivity index (χ3n) is 5.61. The Bertz CT molecular complexity index is 1050. The molecule has 1 aromatic carbocycles. The summed E-state index contributed by atoms with van der Waals surface area (Å²) in [5.74, 6) is 0.143. The Labute approximate surface area is 181 Å². The number of rotatable bonds is 7. The van der Waals surface area contributed by atoms with Gasteiger partial charge in [0.25, 0.3) is 0 Å². The van der Waals surface area contributed by atoms with E-state index in [9.17, 15) is 9.59 Å². The third-order valence-corrected chi connectivity index (χ3v) is 5.61.